The Bertz CT molecular complexity index is 701. The average Bonchev–Trinajstić information content (AvgIpc) is 2.92. The highest BCUT2D eigenvalue weighted by molar-refractivity contribution is 6.31. The molecule has 1 aromatic carbocycles. The van der Waals surface area contributed by atoms with Crippen LogP contribution in [0.4, 0.5) is 5.69 Å². The maximum absolute atomic E-state index is 12.1. The van der Waals surface area contributed by atoms with E-state index >= 15 is 0 Å². The third-order valence-electron chi connectivity index (χ3n) is 2.84. The zero-order valence-corrected chi connectivity index (χ0v) is 12.4. The average molecular weight is 304 g/mol. The zero-order valence-electron chi connectivity index (χ0n) is 11.7. The molecule has 0 aliphatic rings. The van der Waals surface area contributed by atoms with Crippen molar-refractivity contribution in [2.45, 2.75) is 6.54 Å². The number of furan rings is 1. The minimum atomic E-state index is -0.119. The first-order valence-corrected chi connectivity index (χ1v) is 6.63. The van der Waals surface area contributed by atoms with Gasteiger partial charge in [-0.25, -0.2) is 0 Å². The fourth-order valence-corrected chi connectivity index (χ4v) is 1.98. The lowest BCUT2D eigenvalue weighted by Crippen LogP contribution is -2.22. The maximum Gasteiger partial charge on any atom is 0.255 e. The van der Waals surface area contributed by atoms with Gasteiger partial charge in [0.2, 0.25) is 5.76 Å². The molecule has 2 rings (SSSR count). The maximum atomic E-state index is 12.1. The van der Waals surface area contributed by atoms with E-state index in [9.17, 15) is 4.79 Å². The molecule has 0 atom stereocenters. The van der Waals surface area contributed by atoms with Crippen LogP contribution in [0.15, 0.2) is 34.7 Å². The molecule has 5 nitrogen and oxygen atoms in total. The van der Waals surface area contributed by atoms with Crippen molar-refractivity contribution >= 4 is 23.2 Å². The Kier molecular flexibility index (Phi) is 4.51. The first-order chi connectivity index (χ1) is 10.0. The van der Waals surface area contributed by atoms with Gasteiger partial charge in [0.05, 0.1) is 12.1 Å². The van der Waals surface area contributed by atoms with Crippen molar-refractivity contribution in [3.05, 3.63) is 52.4 Å². The highest BCUT2D eigenvalue weighted by atomic mass is 35.5. The molecule has 6 heteroatoms. The molecule has 0 unspecified atom stereocenters. The predicted octanol–water partition coefficient (Wildman–Crippen LogP) is 3.12. The summed E-state index contributed by atoms with van der Waals surface area (Å²) in [5, 5.41) is 12.4. The van der Waals surface area contributed by atoms with E-state index in [1.165, 1.54) is 4.90 Å². The van der Waals surface area contributed by atoms with Gasteiger partial charge >= 0.3 is 0 Å². The van der Waals surface area contributed by atoms with Crippen LogP contribution in [0.2, 0.25) is 5.02 Å². The highest BCUT2D eigenvalue weighted by Crippen LogP contribution is 2.23. The SMILES string of the molecule is CN(C)C(=O)c1ccc(Cl)cc1NCc1ccc(C#N)o1. The molecule has 1 aromatic heterocycles. The Balaban J connectivity index is 2.20. The number of halogens is 1. The van der Waals surface area contributed by atoms with E-state index in [2.05, 4.69) is 5.32 Å². The minimum Gasteiger partial charge on any atom is -0.449 e. The molecular formula is C15H14ClN3O2. The molecule has 0 aliphatic heterocycles. The van der Waals surface area contributed by atoms with Gasteiger partial charge < -0.3 is 14.6 Å². The van der Waals surface area contributed by atoms with Crippen LogP contribution in [0.25, 0.3) is 0 Å². The molecule has 0 radical (unpaired) electrons. The molecule has 0 aliphatic carbocycles. The van der Waals surface area contributed by atoms with E-state index in [1.54, 1.807) is 44.4 Å². The monoisotopic (exact) mass is 303 g/mol. The lowest BCUT2D eigenvalue weighted by Gasteiger charge is -2.15. The molecule has 21 heavy (non-hydrogen) atoms. The van der Waals surface area contributed by atoms with Gasteiger partial charge in [-0.15, -0.1) is 0 Å². The van der Waals surface area contributed by atoms with Crippen LogP contribution in [0, 0.1) is 11.3 Å². The molecule has 108 valence electrons. The van der Waals surface area contributed by atoms with Gasteiger partial charge in [-0.05, 0) is 30.3 Å². The molecule has 0 bridgehead atoms. The lowest BCUT2D eigenvalue weighted by atomic mass is 10.1. The summed E-state index contributed by atoms with van der Waals surface area (Å²) in [6.45, 7) is 0.357. The molecule has 0 spiro atoms. The summed E-state index contributed by atoms with van der Waals surface area (Å²) in [4.78, 5) is 13.6. The number of nitrogens with zero attached hydrogens (tertiary/aromatic N) is 2. The lowest BCUT2D eigenvalue weighted by molar-refractivity contribution is 0.0828. The van der Waals surface area contributed by atoms with E-state index in [4.69, 9.17) is 21.3 Å². The highest BCUT2D eigenvalue weighted by Gasteiger charge is 2.14. The quantitative estimate of drug-likeness (QED) is 0.942. The van der Waals surface area contributed by atoms with Gasteiger partial charge in [0, 0.05) is 24.8 Å². The summed E-state index contributed by atoms with van der Waals surface area (Å²) >= 11 is 5.98. The van der Waals surface area contributed by atoms with Crippen LogP contribution in [-0.2, 0) is 6.54 Å². The first-order valence-electron chi connectivity index (χ1n) is 6.25. The number of nitriles is 1. The van der Waals surface area contributed by atoms with Gasteiger partial charge in [-0.2, -0.15) is 5.26 Å². The molecular weight excluding hydrogens is 290 g/mol. The second kappa shape index (κ2) is 6.33. The smallest absolute Gasteiger partial charge is 0.255 e. The second-order valence-electron chi connectivity index (χ2n) is 4.62. The molecule has 0 saturated heterocycles. The molecule has 1 N–H and O–H groups in total. The first kappa shape index (κ1) is 14.9. The molecule has 0 fully saturated rings. The van der Waals surface area contributed by atoms with E-state index in [0.29, 0.717) is 28.6 Å². The summed E-state index contributed by atoms with van der Waals surface area (Å²) in [5.41, 5.74) is 1.15. The van der Waals surface area contributed by atoms with Crippen molar-refractivity contribution in [2.75, 3.05) is 19.4 Å². The van der Waals surface area contributed by atoms with E-state index in [0.717, 1.165) is 0 Å². The summed E-state index contributed by atoms with van der Waals surface area (Å²) in [5.74, 6) is 0.739. The van der Waals surface area contributed by atoms with E-state index in [1.807, 2.05) is 6.07 Å². The van der Waals surface area contributed by atoms with E-state index in [-0.39, 0.29) is 11.7 Å². The zero-order chi connectivity index (χ0) is 15.4. The summed E-state index contributed by atoms with van der Waals surface area (Å²) < 4.78 is 5.28. The Morgan fingerprint density at radius 3 is 2.76 bits per heavy atom. The Labute approximate surface area is 127 Å². The van der Waals surface area contributed by atoms with Gasteiger partial charge in [0.25, 0.3) is 5.91 Å². The number of hydrogen-bond acceptors (Lipinski definition) is 4. The number of rotatable bonds is 4. The van der Waals surface area contributed by atoms with Crippen molar-refractivity contribution in [1.82, 2.24) is 4.90 Å². The molecule has 2 aromatic rings. The van der Waals surface area contributed by atoms with Crippen LogP contribution in [0.5, 0.6) is 0 Å². The number of anilines is 1. The molecule has 1 heterocycles. The fraction of sp³-hybridized carbons (Fsp3) is 0.200. The minimum absolute atomic E-state index is 0.119. The van der Waals surface area contributed by atoms with Crippen LogP contribution >= 0.6 is 11.6 Å². The third kappa shape index (κ3) is 3.56. The van der Waals surface area contributed by atoms with E-state index < -0.39 is 0 Å². The largest absolute Gasteiger partial charge is 0.449 e. The van der Waals surface area contributed by atoms with Crippen LogP contribution < -0.4 is 5.32 Å². The van der Waals surface area contributed by atoms with Crippen molar-refractivity contribution in [2.24, 2.45) is 0 Å². The van der Waals surface area contributed by atoms with Gasteiger partial charge in [0.15, 0.2) is 0 Å². The second-order valence-corrected chi connectivity index (χ2v) is 5.06. The van der Waals surface area contributed by atoms with Gasteiger partial charge in [-0.1, -0.05) is 11.6 Å². The number of carbonyl (C=O) groups is 1. The predicted molar refractivity (Wildman–Crippen MR) is 80.2 cm³/mol. The summed E-state index contributed by atoms with van der Waals surface area (Å²) in [6, 6.07) is 10.3. The normalized spacial score (nSPS) is 10.0. The van der Waals surface area contributed by atoms with Crippen molar-refractivity contribution in [1.29, 1.82) is 5.26 Å². The molecule has 1 amide bonds. The topological polar surface area (TPSA) is 69.3 Å². The van der Waals surface area contributed by atoms with Crippen molar-refractivity contribution < 1.29 is 9.21 Å². The van der Waals surface area contributed by atoms with Crippen LogP contribution in [0.1, 0.15) is 21.9 Å². The standard InChI is InChI=1S/C15H14ClN3O2/c1-19(2)15(20)13-6-3-10(16)7-14(13)18-9-12-5-4-11(8-17)21-12/h3-7,18H,9H2,1-2H3. The van der Waals surface area contributed by atoms with Crippen LogP contribution in [-0.4, -0.2) is 24.9 Å². The number of nitrogens with one attached hydrogen (secondary N) is 1. The van der Waals surface area contributed by atoms with Gasteiger partial charge in [0.1, 0.15) is 11.8 Å². The number of amides is 1. The summed E-state index contributed by atoms with van der Waals surface area (Å²) in [6.07, 6.45) is 0. The van der Waals surface area contributed by atoms with Gasteiger partial charge in [-0.3, -0.25) is 4.79 Å². The summed E-state index contributed by atoms with van der Waals surface area (Å²) in [7, 11) is 3.37. The van der Waals surface area contributed by atoms with Crippen LogP contribution in [0.3, 0.4) is 0 Å². The number of carbonyl (C=O) groups excluding carboxylic acids is 1. The Hall–Kier alpha value is -2.45. The molecule has 0 saturated carbocycles. The van der Waals surface area contributed by atoms with Crippen molar-refractivity contribution in [3.63, 3.8) is 0 Å². The number of hydrogen-bond donors (Lipinski definition) is 1. The van der Waals surface area contributed by atoms with Crippen molar-refractivity contribution in [3.8, 4) is 6.07 Å². The Morgan fingerprint density at radius 1 is 1.38 bits per heavy atom. The third-order valence-corrected chi connectivity index (χ3v) is 3.08. The number of benzene rings is 1. The fourth-order valence-electron chi connectivity index (χ4n) is 1.81. The Morgan fingerprint density at radius 2 is 2.14 bits per heavy atom.